The second-order valence-corrected chi connectivity index (χ2v) is 18.6. The Kier molecular flexibility index (Phi) is 12.8. The summed E-state index contributed by atoms with van der Waals surface area (Å²) in [6, 6.07) is 38.1. The Morgan fingerprint density at radius 3 is 1.73 bits per heavy atom. The predicted molar refractivity (Wildman–Crippen MR) is 202 cm³/mol. The quantitative estimate of drug-likeness (QED) is 0.0871. The maximum absolute atomic E-state index is 12.9. The first-order chi connectivity index (χ1) is 23.3. The summed E-state index contributed by atoms with van der Waals surface area (Å²) in [5, 5.41) is 5.16. The highest BCUT2D eigenvalue weighted by Crippen LogP contribution is 2.38. The number of rotatable bonds is 13. The third-order valence-electron chi connectivity index (χ3n) is 8.37. The maximum Gasteiger partial charge on any atom is 0.407 e. The van der Waals surface area contributed by atoms with Gasteiger partial charge in [-0.05, 0) is 79.2 Å². The Morgan fingerprint density at radius 2 is 1.22 bits per heavy atom. The third kappa shape index (κ3) is 10.3. The summed E-state index contributed by atoms with van der Waals surface area (Å²) in [7, 11) is -2.91. The number of nitrogens with one attached hydrogen (secondary N) is 1. The molecule has 0 fully saturated rings. The van der Waals surface area contributed by atoms with Crippen LogP contribution >= 0.6 is 0 Å². The molecule has 0 bridgehead atoms. The fourth-order valence-corrected chi connectivity index (χ4v) is 10.8. The van der Waals surface area contributed by atoms with E-state index in [1.54, 1.807) is 12.1 Å². The van der Waals surface area contributed by atoms with Crippen molar-refractivity contribution in [2.75, 3.05) is 6.61 Å². The van der Waals surface area contributed by atoms with Crippen LogP contribution in [-0.4, -0.2) is 44.7 Å². The van der Waals surface area contributed by atoms with Crippen LogP contribution < -0.4 is 15.7 Å². The largest absolute Gasteiger partial charge is 0.458 e. The van der Waals surface area contributed by atoms with E-state index in [9.17, 15) is 9.59 Å². The van der Waals surface area contributed by atoms with Gasteiger partial charge < -0.3 is 19.2 Å². The number of amides is 1. The van der Waals surface area contributed by atoms with Crippen molar-refractivity contribution >= 4 is 30.8 Å². The molecule has 0 aliphatic rings. The molecular weight excluding hydrogens is 627 g/mol. The van der Waals surface area contributed by atoms with Crippen molar-refractivity contribution in [2.45, 2.75) is 84.1 Å². The molecule has 0 radical (unpaired) electrons. The van der Waals surface area contributed by atoms with Gasteiger partial charge in [0.1, 0.15) is 12.2 Å². The Labute approximate surface area is 293 Å². The maximum atomic E-state index is 12.9. The second-order valence-electron chi connectivity index (χ2n) is 14.3. The topological polar surface area (TPSA) is 73.9 Å². The van der Waals surface area contributed by atoms with E-state index in [2.05, 4.69) is 74.6 Å². The lowest BCUT2D eigenvalue weighted by molar-refractivity contribution is 0.0443. The molecule has 1 N–H and O–H groups in total. The minimum Gasteiger partial charge on any atom is -0.458 e. The molecule has 0 spiro atoms. The fourth-order valence-electron chi connectivity index (χ4n) is 6.00. The Balaban J connectivity index is 1.50. The number of esters is 1. The van der Waals surface area contributed by atoms with Crippen LogP contribution in [0.15, 0.2) is 127 Å². The van der Waals surface area contributed by atoms with E-state index >= 15 is 0 Å². The summed E-state index contributed by atoms with van der Waals surface area (Å²) < 4.78 is 18.6. The highest BCUT2D eigenvalue weighted by Gasteiger charge is 2.52. The van der Waals surface area contributed by atoms with Crippen LogP contribution in [0.25, 0.3) is 11.1 Å². The van der Waals surface area contributed by atoms with E-state index in [4.69, 9.17) is 13.9 Å². The molecule has 1 amide bonds. The van der Waals surface area contributed by atoms with Gasteiger partial charge in [-0.25, -0.2) is 9.59 Å². The van der Waals surface area contributed by atoms with Gasteiger partial charge >= 0.3 is 12.1 Å². The summed E-state index contributed by atoms with van der Waals surface area (Å²) in [6.45, 7) is 14.4. The Bertz CT molecular complexity index is 1600. The first-order valence-electron chi connectivity index (χ1n) is 17.1. The van der Waals surface area contributed by atoms with E-state index in [0.717, 1.165) is 11.1 Å². The molecule has 2 atom stereocenters. The van der Waals surface area contributed by atoms with Gasteiger partial charge in [0.2, 0.25) is 0 Å². The number of hydrogen-bond donors (Lipinski definition) is 1. The van der Waals surface area contributed by atoms with E-state index in [1.165, 1.54) is 10.4 Å². The minimum absolute atomic E-state index is 0.158. The van der Waals surface area contributed by atoms with Crippen molar-refractivity contribution in [1.82, 2.24) is 5.32 Å². The van der Waals surface area contributed by atoms with Crippen molar-refractivity contribution < 1.29 is 23.5 Å². The molecule has 0 saturated carbocycles. The first kappa shape index (κ1) is 37.4. The van der Waals surface area contributed by atoms with Gasteiger partial charge in [-0.2, -0.15) is 0 Å². The Morgan fingerprint density at radius 1 is 0.714 bits per heavy atom. The second kappa shape index (κ2) is 16.8. The van der Waals surface area contributed by atoms with Crippen LogP contribution in [0.5, 0.6) is 0 Å². The molecule has 0 heterocycles. The highest BCUT2D eigenvalue weighted by atomic mass is 28.4. The number of carbonyl (C=O) groups excluding carboxylic acids is 2. The summed E-state index contributed by atoms with van der Waals surface area (Å²) >= 11 is 0. The van der Waals surface area contributed by atoms with Gasteiger partial charge in [0.15, 0.2) is 0 Å². The monoisotopic (exact) mass is 677 g/mol. The van der Waals surface area contributed by atoms with Crippen LogP contribution in [-0.2, 0) is 13.9 Å². The average molecular weight is 678 g/mol. The van der Waals surface area contributed by atoms with Gasteiger partial charge in [0, 0.05) is 0 Å². The normalized spacial score (nSPS) is 13.4. The van der Waals surface area contributed by atoms with Gasteiger partial charge in [-0.15, -0.1) is 0 Å². The van der Waals surface area contributed by atoms with E-state index in [0.29, 0.717) is 18.4 Å². The summed E-state index contributed by atoms with van der Waals surface area (Å²) in [4.78, 5) is 25.6. The van der Waals surface area contributed by atoms with E-state index in [1.807, 2.05) is 94.4 Å². The molecule has 4 aromatic rings. The molecule has 4 rings (SSSR count). The lowest BCUT2D eigenvalue weighted by Gasteiger charge is -2.46. The van der Waals surface area contributed by atoms with Crippen LogP contribution in [0.4, 0.5) is 4.79 Å². The lowest BCUT2D eigenvalue weighted by Crippen LogP contribution is -2.69. The molecule has 0 aliphatic heterocycles. The first-order valence-corrected chi connectivity index (χ1v) is 19.0. The summed E-state index contributed by atoms with van der Waals surface area (Å²) in [6.07, 6.45) is 4.35. The zero-order valence-corrected chi connectivity index (χ0v) is 30.9. The van der Waals surface area contributed by atoms with E-state index in [-0.39, 0.29) is 29.8 Å². The molecule has 0 aromatic heterocycles. The molecule has 6 nitrogen and oxygen atoms in total. The predicted octanol–water partition coefficient (Wildman–Crippen LogP) is 8.71. The fraction of sp³-hybridized carbons (Fsp3) is 0.333. The molecule has 258 valence electrons. The lowest BCUT2D eigenvalue weighted by atomic mass is 10.0. The average Bonchev–Trinajstić information content (AvgIpc) is 3.07. The number of alkyl carbamates (subject to hydrolysis) is 1. The number of benzene rings is 4. The van der Waals surface area contributed by atoms with Crippen molar-refractivity contribution in [3.8, 4) is 11.1 Å². The van der Waals surface area contributed by atoms with Gasteiger partial charge in [0.05, 0.1) is 17.7 Å². The van der Waals surface area contributed by atoms with E-state index < -0.39 is 20.0 Å². The number of allylic oxidation sites excluding steroid dienone is 1. The molecule has 0 aliphatic carbocycles. The third-order valence-corrected chi connectivity index (χ3v) is 13.4. The van der Waals surface area contributed by atoms with Crippen LogP contribution in [0.2, 0.25) is 5.04 Å². The van der Waals surface area contributed by atoms with Crippen LogP contribution in [0.1, 0.15) is 71.7 Å². The number of hydrogen-bond acceptors (Lipinski definition) is 5. The minimum atomic E-state index is -2.91. The van der Waals surface area contributed by atoms with Gasteiger partial charge in [0.25, 0.3) is 8.32 Å². The molecule has 4 aromatic carbocycles. The summed E-state index contributed by atoms with van der Waals surface area (Å²) in [5.74, 6) is -0.368. The molecule has 0 saturated heterocycles. The van der Waals surface area contributed by atoms with Crippen LogP contribution in [0.3, 0.4) is 0 Å². The molecule has 49 heavy (non-hydrogen) atoms. The van der Waals surface area contributed by atoms with Crippen molar-refractivity contribution in [1.29, 1.82) is 0 Å². The standard InChI is InChI=1S/C42H51NO5Si/c1-32(43-40(45)47-41(2,3)4)38(48-49(42(5,6)7,36-22-14-9-15-23-36)37-24-16-10-17-25-37)26-18-11-19-31-46-39(44)35-29-27-34(28-30-35)33-20-12-8-13-21-33/h8-17,19-25,27-30,32,38H,18,26,31H2,1-7H3,(H,43,45)/b19-11+/t32-,38-/m0/s1. The van der Waals surface area contributed by atoms with Gasteiger partial charge in [-0.3, -0.25) is 0 Å². The summed E-state index contributed by atoms with van der Waals surface area (Å²) in [5.41, 5.74) is 2.02. The smallest absolute Gasteiger partial charge is 0.407 e. The Hall–Kier alpha value is -4.46. The molecular formula is C42H51NO5Si. The zero-order valence-electron chi connectivity index (χ0n) is 29.9. The molecule has 0 unspecified atom stereocenters. The number of ether oxygens (including phenoxy) is 2. The zero-order chi connectivity index (χ0) is 35.5. The van der Waals surface area contributed by atoms with Crippen molar-refractivity contribution in [3.63, 3.8) is 0 Å². The van der Waals surface area contributed by atoms with Crippen molar-refractivity contribution in [3.05, 3.63) is 133 Å². The van der Waals surface area contributed by atoms with Crippen LogP contribution in [0, 0.1) is 0 Å². The SMILES string of the molecule is C[C@H](NC(=O)OC(C)(C)C)[C@H](CC/C=C/COC(=O)c1ccc(-c2ccccc2)cc1)O[Si](c1ccccc1)(c1ccccc1)C(C)(C)C. The highest BCUT2D eigenvalue weighted by molar-refractivity contribution is 6.99. The molecule has 7 heteroatoms. The number of carbonyl (C=O) groups is 2. The van der Waals surface area contributed by atoms with Gasteiger partial charge in [-0.1, -0.05) is 136 Å². The van der Waals surface area contributed by atoms with Crippen molar-refractivity contribution in [2.24, 2.45) is 0 Å².